The van der Waals surface area contributed by atoms with E-state index >= 15 is 0 Å². The maximum Gasteiger partial charge on any atom is 0.146 e. The lowest BCUT2D eigenvalue weighted by Crippen LogP contribution is -2.29. The highest BCUT2D eigenvalue weighted by Crippen LogP contribution is 2.16. The molecule has 90 valence electrons. The molecule has 0 aliphatic heterocycles. The summed E-state index contributed by atoms with van der Waals surface area (Å²) in [6.45, 7) is 6.44. The average Bonchev–Trinajstić information content (AvgIpc) is 2.26. The Bertz CT molecular complexity index is 294. The summed E-state index contributed by atoms with van der Waals surface area (Å²) in [5.74, 6) is 7.05. The Kier molecular flexibility index (Phi) is 5.35. The standard InChI is InChI=1S/C12H22N4/c1-9(2)5-4-6-11(16-13)12-14-7-10(3)8-15-12/h7-9,11,16H,4-6,13H2,1-3H3. The number of nitrogens with zero attached hydrogens (tertiary/aromatic N) is 2. The minimum absolute atomic E-state index is 0.0688. The Morgan fingerprint density at radius 3 is 2.38 bits per heavy atom. The smallest absolute Gasteiger partial charge is 0.146 e. The molecule has 0 amide bonds. The summed E-state index contributed by atoms with van der Waals surface area (Å²) in [5.41, 5.74) is 3.86. The molecule has 0 radical (unpaired) electrons. The third-order valence-electron chi connectivity index (χ3n) is 2.59. The van der Waals surface area contributed by atoms with Crippen LogP contribution in [0, 0.1) is 12.8 Å². The summed E-state index contributed by atoms with van der Waals surface area (Å²) < 4.78 is 0. The van der Waals surface area contributed by atoms with Crippen LogP contribution >= 0.6 is 0 Å². The number of hydrogen-bond acceptors (Lipinski definition) is 4. The normalized spacial score (nSPS) is 13.1. The molecule has 1 atom stereocenters. The van der Waals surface area contributed by atoms with Gasteiger partial charge in [0.2, 0.25) is 0 Å². The van der Waals surface area contributed by atoms with E-state index in [1.807, 2.05) is 19.3 Å². The lowest BCUT2D eigenvalue weighted by atomic mass is 10.0. The Hall–Kier alpha value is -1.00. The molecule has 1 aromatic rings. The van der Waals surface area contributed by atoms with Gasteiger partial charge in [-0.1, -0.05) is 26.7 Å². The van der Waals surface area contributed by atoms with Gasteiger partial charge in [0.25, 0.3) is 0 Å². The van der Waals surface area contributed by atoms with Gasteiger partial charge >= 0.3 is 0 Å². The molecule has 3 N–H and O–H groups in total. The Morgan fingerprint density at radius 2 is 1.88 bits per heavy atom. The molecule has 1 rings (SSSR count). The van der Waals surface area contributed by atoms with Gasteiger partial charge in [0, 0.05) is 12.4 Å². The van der Waals surface area contributed by atoms with Crippen molar-refractivity contribution < 1.29 is 0 Å². The van der Waals surface area contributed by atoms with Gasteiger partial charge in [-0.2, -0.15) is 0 Å². The zero-order chi connectivity index (χ0) is 12.0. The number of nitrogens with one attached hydrogen (secondary N) is 1. The number of rotatable bonds is 6. The lowest BCUT2D eigenvalue weighted by molar-refractivity contribution is 0.440. The lowest BCUT2D eigenvalue weighted by Gasteiger charge is -2.14. The van der Waals surface area contributed by atoms with Crippen LogP contribution in [-0.2, 0) is 0 Å². The molecule has 0 saturated heterocycles. The molecule has 0 bridgehead atoms. The van der Waals surface area contributed by atoms with Crippen LogP contribution in [0.1, 0.15) is 50.5 Å². The SMILES string of the molecule is Cc1cnc(C(CCCC(C)C)NN)nc1. The van der Waals surface area contributed by atoms with Gasteiger partial charge in [-0.3, -0.25) is 5.84 Å². The van der Waals surface area contributed by atoms with Gasteiger partial charge in [-0.25, -0.2) is 15.4 Å². The predicted molar refractivity (Wildman–Crippen MR) is 65.5 cm³/mol. The molecule has 0 saturated carbocycles. The fourth-order valence-corrected chi connectivity index (χ4v) is 1.60. The second-order valence-electron chi connectivity index (χ2n) is 4.66. The minimum Gasteiger partial charge on any atom is -0.271 e. The average molecular weight is 222 g/mol. The van der Waals surface area contributed by atoms with E-state index in [1.165, 1.54) is 6.42 Å². The molecule has 0 aliphatic carbocycles. The molecule has 4 nitrogen and oxygen atoms in total. The second-order valence-corrected chi connectivity index (χ2v) is 4.66. The van der Waals surface area contributed by atoms with Crippen LogP contribution in [0.25, 0.3) is 0 Å². The van der Waals surface area contributed by atoms with Gasteiger partial charge in [-0.05, 0) is 24.8 Å². The van der Waals surface area contributed by atoms with Crippen molar-refractivity contribution in [1.29, 1.82) is 0 Å². The van der Waals surface area contributed by atoms with Gasteiger partial charge in [0.1, 0.15) is 5.82 Å². The molecule has 0 spiro atoms. The van der Waals surface area contributed by atoms with Gasteiger partial charge in [0.15, 0.2) is 0 Å². The van der Waals surface area contributed by atoms with E-state index in [1.54, 1.807) is 0 Å². The van der Waals surface area contributed by atoms with E-state index in [9.17, 15) is 0 Å². The maximum atomic E-state index is 5.53. The summed E-state index contributed by atoms with van der Waals surface area (Å²) in [6, 6.07) is 0.0688. The summed E-state index contributed by atoms with van der Waals surface area (Å²) >= 11 is 0. The number of aromatic nitrogens is 2. The van der Waals surface area contributed by atoms with Crippen molar-refractivity contribution >= 4 is 0 Å². The summed E-state index contributed by atoms with van der Waals surface area (Å²) in [4.78, 5) is 8.59. The largest absolute Gasteiger partial charge is 0.271 e. The van der Waals surface area contributed by atoms with Crippen LogP contribution in [0.4, 0.5) is 0 Å². The van der Waals surface area contributed by atoms with E-state index in [2.05, 4.69) is 29.2 Å². The van der Waals surface area contributed by atoms with Crippen molar-refractivity contribution in [2.75, 3.05) is 0 Å². The zero-order valence-corrected chi connectivity index (χ0v) is 10.4. The van der Waals surface area contributed by atoms with Gasteiger partial charge in [0.05, 0.1) is 6.04 Å². The fraction of sp³-hybridized carbons (Fsp3) is 0.667. The molecule has 1 unspecified atom stereocenters. The molecule has 4 heteroatoms. The predicted octanol–water partition coefficient (Wildman–Crippen LogP) is 2.12. The first-order valence-electron chi connectivity index (χ1n) is 5.88. The summed E-state index contributed by atoms with van der Waals surface area (Å²) in [7, 11) is 0. The van der Waals surface area contributed by atoms with E-state index < -0.39 is 0 Å². The van der Waals surface area contributed by atoms with Gasteiger partial charge in [-0.15, -0.1) is 0 Å². The van der Waals surface area contributed by atoms with Crippen molar-refractivity contribution in [3.05, 3.63) is 23.8 Å². The third-order valence-corrected chi connectivity index (χ3v) is 2.59. The third kappa shape index (κ3) is 4.24. The highest BCUT2D eigenvalue weighted by Gasteiger charge is 2.12. The molecular formula is C12H22N4. The molecule has 1 heterocycles. The molecule has 16 heavy (non-hydrogen) atoms. The quantitative estimate of drug-likeness (QED) is 0.571. The van der Waals surface area contributed by atoms with Crippen molar-refractivity contribution in [2.45, 2.75) is 46.1 Å². The topological polar surface area (TPSA) is 63.8 Å². The fourth-order valence-electron chi connectivity index (χ4n) is 1.60. The first-order chi connectivity index (χ1) is 7.63. The molecule has 0 aliphatic rings. The summed E-state index contributed by atoms with van der Waals surface area (Å²) in [6.07, 6.45) is 7.00. The van der Waals surface area contributed by atoms with Crippen molar-refractivity contribution in [1.82, 2.24) is 15.4 Å². The Morgan fingerprint density at radius 1 is 1.25 bits per heavy atom. The first kappa shape index (κ1) is 13.1. The van der Waals surface area contributed by atoms with Crippen LogP contribution in [0.15, 0.2) is 12.4 Å². The monoisotopic (exact) mass is 222 g/mol. The van der Waals surface area contributed by atoms with E-state index in [0.29, 0.717) is 0 Å². The highest BCUT2D eigenvalue weighted by molar-refractivity contribution is 5.04. The van der Waals surface area contributed by atoms with Crippen molar-refractivity contribution in [3.63, 3.8) is 0 Å². The summed E-state index contributed by atoms with van der Waals surface area (Å²) in [5, 5.41) is 0. The Labute approximate surface area is 97.7 Å². The molecule has 1 aromatic heterocycles. The highest BCUT2D eigenvalue weighted by atomic mass is 15.2. The molecular weight excluding hydrogens is 200 g/mol. The molecule has 0 aromatic carbocycles. The van der Waals surface area contributed by atoms with E-state index in [4.69, 9.17) is 5.84 Å². The molecule has 0 fully saturated rings. The van der Waals surface area contributed by atoms with E-state index in [0.717, 1.165) is 30.1 Å². The number of aryl methyl sites for hydroxylation is 1. The van der Waals surface area contributed by atoms with Crippen molar-refractivity contribution in [3.8, 4) is 0 Å². The first-order valence-corrected chi connectivity index (χ1v) is 5.88. The van der Waals surface area contributed by atoms with Crippen LogP contribution < -0.4 is 11.3 Å². The van der Waals surface area contributed by atoms with Crippen molar-refractivity contribution in [2.24, 2.45) is 11.8 Å². The number of nitrogens with two attached hydrogens (primary N) is 1. The minimum atomic E-state index is 0.0688. The van der Waals surface area contributed by atoms with Crippen LogP contribution in [0.2, 0.25) is 0 Å². The Balaban J connectivity index is 2.50. The van der Waals surface area contributed by atoms with Crippen LogP contribution in [0.3, 0.4) is 0 Å². The number of hydrazine groups is 1. The van der Waals surface area contributed by atoms with Gasteiger partial charge < -0.3 is 0 Å². The van der Waals surface area contributed by atoms with E-state index in [-0.39, 0.29) is 6.04 Å². The second kappa shape index (κ2) is 6.55. The van der Waals surface area contributed by atoms with Crippen LogP contribution in [-0.4, -0.2) is 9.97 Å². The van der Waals surface area contributed by atoms with Crippen LogP contribution in [0.5, 0.6) is 0 Å². The zero-order valence-electron chi connectivity index (χ0n) is 10.4. The number of hydrogen-bond donors (Lipinski definition) is 2. The maximum absolute atomic E-state index is 5.53.